The quantitative estimate of drug-likeness (QED) is 0.785. The van der Waals surface area contributed by atoms with Gasteiger partial charge in [0, 0.05) is 19.4 Å². The summed E-state index contributed by atoms with van der Waals surface area (Å²) in [6, 6.07) is 0. The molecule has 0 spiro atoms. The zero-order valence-electron chi connectivity index (χ0n) is 11.1. The van der Waals surface area contributed by atoms with E-state index in [0.29, 0.717) is 19.5 Å². The molecule has 1 fully saturated rings. The lowest BCUT2D eigenvalue weighted by molar-refractivity contribution is 0.00498. The van der Waals surface area contributed by atoms with Gasteiger partial charge in [0.25, 0.3) is 0 Å². The van der Waals surface area contributed by atoms with E-state index < -0.39 is 12.0 Å². The summed E-state index contributed by atoms with van der Waals surface area (Å²) in [7, 11) is 0. The van der Waals surface area contributed by atoms with Gasteiger partial charge in [-0.1, -0.05) is 20.8 Å². The molecule has 0 aromatic heterocycles. The second-order valence-electron chi connectivity index (χ2n) is 6.54. The Morgan fingerprint density at radius 2 is 2.06 bits per heavy atom. The molecule has 0 saturated heterocycles. The zero-order valence-corrected chi connectivity index (χ0v) is 11.1. The van der Waals surface area contributed by atoms with Crippen LogP contribution in [0.5, 0.6) is 0 Å². The summed E-state index contributed by atoms with van der Waals surface area (Å²) in [5.41, 5.74) is 0.0987. The van der Waals surface area contributed by atoms with Crippen LogP contribution in [0.2, 0.25) is 0 Å². The molecule has 0 heterocycles. The van der Waals surface area contributed by atoms with Crippen LogP contribution < -0.4 is 5.32 Å². The second kappa shape index (κ2) is 5.61. The third-order valence-corrected chi connectivity index (χ3v) is 3.17. The number of aliphatic hydroxyl groups excluding tert-OH is 1. The van der Waals surface area contributed by atoms with Crippen LogP contribution in [-0.4, -0.2) is 30.2 Å². The molecule has 2 unspecified atom stereocenters. The van der Waals surface area contributed by atoms with Crippen LogP contribution in [0.15, 0.2) is 0 Å². The maximum atomic E-state index is 12.9. The summed E-state index contributed by atoms with van der Waals surface area (Å²) in [5.74, 6) is -2.40. The number of hydrogen-bond donors (Lipinski definition) is 2. The molecule has 17 heavy (non-hydrogen) atoms. The average molecular weight is 249 g/mol. The first-order valence-corrected chi connectivity index (χ1v) is 6.45. The van der Waals surface area contributed by atoms with E-state index in [4.69, 9.17) is 0 Å². The van der Waals surface area contributed by atoms with E-state index in [1.165, 1.54) is 0 Å². The molecule has 4 heteroatoms. The minimum atomic E-state index is -2.46. The molecule has 1 rings (SSSR count). The first kappa shape index (κ1) is 14.8. The van der Waals surface area contributed by atoms with Crippen molar-refractivity contribution in [3.05, 3.63) is 0 Å². The highest BCUT2D eigenvalue weighted by Crippen LogP contribution is 2.38. The highest BCUT2D eigenvalue weighted by Gasteiger charge is 2.38. The van der Waals surface area contributed by atoms with Crippen molar-refractivity contribution in [2.75, 3.05) is 13.1 Å². The Morgan fingerprint density at radius 1 is 1.41 bits per heavy atom. The van der Waals surface area contributed by atoms with Gasteiger partial charge in [-0.25, -0.2) is 8.78 Å². The predicted octanol–water partition coefficient (Wildman–Crippen LogP) is 2.81. The van der Waals surface area contributed by atoms with Gasteiger partial charge >= 0.3 is 0 Å². The molecule has 0 amide bonds. The number of alkyl halides is 2. The Morgan fingerprint density at radius 3 is 2.53 bits per heavy atom. The second-order valence-corrected chi connectivity index (χ2v) is 6.54. The molecule has 0 aromatic rings. The van der Waals surface area contributed by atoms with E-state index >= 15 is 0 Å². The van der Waals surface area contributed by atoms with Crippen LogP contribution in [0.4, 0.5) is 8.78 Å². The SMILES string of the molecule is CC(C)(C)CC(O)CNCC1CCC(F)(F)C1. The molecule has 0 bridgehead atoms. The minimum Gasteiger partial charge on any atom is -0.392 e. The van der Waals surface area contributed by atoms with Gasteiger partial charge in [0.15, 0.2) is 0 Å². The van der Waals surface area contributed by atoms with Crippen LogP contribution in [-0.2, 0) is 0 Å². The maximum Gasteiger partial charge on any atom is 0.248 e. The number of halogens is 2. The Bertz CT molecular complexity index is 238. The molecule has 0 aliphatic heterocycles. The summed E-state index contributed by atoms with van der Waals surface area (Å²) in [6.07, 6.45) is 0.937. The normalized spacial score (nSPS) is 26.1. The number of nitrogens with one attached hydrogen (secondary N) is 1. The molecule has 1 aliphatic carbocycles. The lowest BCUT2D eigenvalue weighted by Crippen LogP contribution is -2.33. The van der Waals surface area contributed by atoms with E-state index in [2.05, 4.69) is 26.1 Å². The van der Waals surface area contributed by atoms with E-state index in [9.17, 15) is 13.9 Å². The fraction of sp³-hybridized carbons (Fsp3) is 1.00. The van der Waals surface area contributed by atoms with E-state index in [1.807, 2.05) is 0 Å². The van der Waals surface area contributed by atoms with E-state index in [0.717, 1.165) is 6.42 Å². The highest BCUT2D eigenvalue weighted by molar-refractivity contribution is 4.82. The predicted molar refractivity (Wildman–Crippen MR) is 65.2 cm³/mol. The fourth-order valence-electron chi connectivity index (χ4n) is 2.45. The van der Waals surface area contributed by atoms with Crippen LogP contribution in [0.3, 0.4) is 0 Å². The summed E-state index contributed by atoms with van der Waals surface area (Å²) in [5, 5.41) is 12.9. The molecular formula is C13H25F2NO. The molecule has 2 N–H and O–H groups in total. The van der Waals surface area contributed by atoms with E-state index in [1.54, 1.807) is 0 Å². The molecule has 102 valence electrons. The molecule has 0 radical (unpaired) electrons. The van der Waals surface area contributed by atoms with Gasteiger partial charge in [-0.05, 0) is 30.7 Å². The van der Waals surface area contributed by atoms with Gasteiger partial charge in [-0.2, -0.15) is 0 Å². The first-order valence-electron chi connectivity index (χ1n) is 6.45. The fourth-order valence-corrected chi connectivity index (χ4v) is 2.45. The van der Waals surface area contributed by atoms with Gasteiger partial charge in [0.05, 0.1) is 6.10 Å². The van der Waals surface area contributed by atoms with Gasteiger partial charge in [-0.15, -0.1) is 0 Å². The Labute approximate surface area is 103 Å². The molecule has 1 saturated carbocycles. The summed E-state index contributed by atoms with van der Waals surface area (Å²) >= 11 is 0. The lowest BCUT2D eigenvalue weighted by atomic mass is 9.89. The first-order chi connectivity index (χ1) is 7.68. The minimum absolute atomic E-state index is 0.00460. The van der Waals surface area contributed by atoms with Gasteiger partial charge in [0.2, 0.25) is 5.92 Å². The van der Waals surface area contributed by atoms with Gasteiger partial charge in [-0.3, -0.25) is 0 Å². The molecule has 0 aromatic carbocycles. The number of aliphatic hydroxyl groups is 1. The van der Waals surface area contributed by atoms with E-state index in [-0.39, 0.29) is 24.2 Å². The van der Waals surface area contributed by atoms with Gasteiger partial charge < -0.3 is 10.4 Å². The van der Waals surface area contributed by atoms with Crippen molar-refractivity contribution in [3.63, 3.8) is 0 Å². The Kier molecular flexibility index (Phi) is 4.90. The van der Waals surface area contributed by atoms with Crippen molar-refractivity contribution in [3.8, 4) is 0 Å². The Hall–Kier alpha value is -0.220. The lowest BCUT2D eigenvalue weighted by Gasteiger charge is -2.23. The average Bonchev–Trinajstić information content (AvgIpc) is 2.42. The third-order valence-electron chi connectivity index (χ3n) is 3.17. The van der Waals surface area contributed by atoms with Crippen molar-refractivity contribution in [2.24, 2.45) is 11.3 Å². The van der Waals surface area contributed by atoms with Gasteiger partial charge in [0.1, 0.15) is 0 Å². The standard InChI is InChI=1S/C13H25F2NO/c1-12(2,3)7-11(17)9-16-8-10-4-5-13(14,15)6-10/h10-11,16-17H,4-9H2,1-3H3. The highest BCUT2D eigenvalue weighted by atomic mass is 19.3. The molecule has 2 nitrogen and oxygen atoms in total. The van der Waals surface area contributed by atoms with Crippen molar-refractivity contribution in [1.29, 1.82) is 0 Å². The zero-order chi connectivity index (χ0) is 13.1. The van der Waals surface area contributed by atoms with Crippen LogP contribution in [0.25, 0.3) is 0 Å². The molecule has 2 atom stereocenters. The summed E-state index contributed by atoms with van der Waals surface area (Å²) < 4.78 is 25.9. The molecular weight excluding hydrogens is 224 g/mol. The maximum absolute atomic E-state index is 12.9. The monoisotopic (exact) mass is 249 g/mol. The number of hydrogen-bond acceptors (Lipinski definition) is 2. The smallest absolute Gasteiger partial charge is 0.248 e. The third kappa shape index (κ3) is 6.32. The summed E-state index contributed by atoms with van der Waals surface area (Å²) in [4.78, 5) is 0. The van der Waals surface area contributed by atoms with Crippen LogP contribution in [0, 0.1) is 11.3 Å². The topological polar surface area (TPSA) is 32.3 Å². The van der Waals surface area contributed by atoms with Crippen molar-refractivity contribution < 1.29 is 13.9 Å². The largest absolute Gasteiger partial charge is 0.392 e. The number of rotatable bonds is 5. The Balaban J connectivity index is 2.12. The van der Waals surface area contributed by atoms with Crippen molar-refractivity contribution in [2.45, 2.75) is 58.5 Å². The van der Waals surface area contributed by atoms with Crippen LogP contribution in [0.1, 0.15) is 46.5 Å². The van der Waals surface area contributed by atoms with Crippen LogP contribution >= 0.6 is 0 Å². The molecule has 1 aliphatic rings. The van der Waals surface area contributed by atoms with Crippen molar-refractivity contribution in [1.82, 2.24) is 5.32 Å². The van der Waals surface area contributed by atoms with Crippen molar-refractivity contribution >= 4 is 0 Å². The summed E-state index contributed by atoms with van der Waals surface area (Å²) in [6.45, 7) is 7.32.